The minimum absolute atomic E-state index is 0.122. The first-order valence-electron chi connectivity index (χ1n) is 8.39. The van der Waals surface area contributed by atoms with Gasteiger partial charge in [-0.3, -0.25) is 4.40 Å². The van der Waals surface area contributed by atoms with E-state index in [1.807, 2.05) is 12.1 Å². The Labute approximate surface area is 140 Å². The molecule has 1 aromatic carbocycles. The quantitative estimate of drug-likeness (QED) is 0.635. The molecule has 5 nitrogen and oxygen atoms in total. The van der Waals surface area contributed by atoms with Crippen molar-refractivity contribution in [2.75, 3.05) is 5.32 Å². The number of aromatic hydroxyl groups is 2. The number of hydrogen-bond acceptors (Lipinski definition) is 4. The molecule has 0 aliphatic heterocycles. The second-order valence-electron chi connectivity index (χ2n) is 6.57. The molecule has 0 bridgehead atoms. The van der Waals surface area contributed by atoms with Crippen molar-refractivity contribution in [2.45, 2.75) is 38.6 Å². The fourth-order valence-electron chi connectivity index (χ4n) is 3.42. The molecule has 1 fully saturated rings. The minimum Gasteiger partial charge on any atom is -0.504 e. The molecule has 1 aliphatic carbocycles. The molecule has 2 aromatic heterocycles. The van der Waals surface area contributed by atoms with Gasteiger partial charge in [-0.25, -0.2) is 4.98 Å². The van der Waals surface area contributed by atoms with Crippen LogP contribution in [-0.2, 0) is 0 Å². The van der Waals surface area contributed by atoms with Gasteiger partial charge in [0, 0.05) is 17.8 Å². The Balaban J connectivity index is 1.87. The Hall–Kier alpha value is -2.69. The van der Waals surface area contributed by atoms with E-state index in [1.54, 1.807) is 12.1 Å². The molecule has 0 amide bonds. The Morgan fingerprint density at radius 3 is 2.62 bits per heavy atom. The number of anilines is 1. The van der Waals surface area contributed by atoms with E-state index in [0.29, 0.717) is 6.04 Å². The first-order chi connectivity index (χ1) is 11.6. The summed E-state index contributed by atoms with van der Waals surface area (Å²) in [6.07, 6.45) is 6.91. The predicted molar refractivity (Wildman–Crippen MR) is 94.6 cm³/mol. The van der Waals surface area contributed by atoms with Crippen LogP contribution in [0.2, 0.25) is 0 Å². The Kier molecular flexibility index (Phi) is 3.56. The molecule has 1 aliphatic rings. The summed E-state index contributed by atoms with van der Waals surface area (Å²) in [5, 5.41) is 23.1. The maximum Gasteiger partial charge on any atom is 0.158 e. The normalized spacial score (nSPS) is 15.2. The number of phenols is 2. The number of rotatable bonds is 3. The molecule has 3 aromatic rings. The molecular formula is C19H21N3O2. The number of pyridine rings is 1. The summed E-state index contributed by atoms with van der Waals surface area (Å²) in [6.45, 7) is 2.06. The molecule has 1 saturated carbocycles. The zero-order valence-corrected chi connectivity index (χ0v) is 13.7. The van der Waals surface area contributed by atoms with Gasteiger partial charge in [0.25, 0.3) is 0 Å². The van der Waals surface area contributed by atoms with Crippen LogP contribution in [0.25, 0.3) is 16.9 Å². The van der Waals surface area contributed by atoms with Crippen LogP contribution in [0.4, 0.5) is 5.82 Å². The molecule has 0 spiro atoms. The molecule has 0 unspecified atom stereocenters. The third kappa shape index (κ3) is 2.56. The summed E-state index contributed by atoms with van der Waals surface area (Å²) in [5.41, 5.74) is 3.60. The van der Waals surface area contributed by atoms with Crippen molar-refractivity contribution < 1.29 is 10.2 Å². The zero-order chi connectivity index (χ0) is 16.7. The van der Waals surface area contributed by atoms with E-state index in [-0.39, 0.29) is 11.5 Å². The van der Waals surface area contributed by atoms with Gasteiger partial charge in [-0.1, -0.05) is 18.9 Å². The van der Waals surface area contributed by atoms with Gasteiger partial charge in [0.1, 0.15) is 17.2 Å². The lowest BCUT2D eigenvalue weighted by atomic mass is 10.1. The first-order valence-corrected chi connectivity index (χ1v) is 8.39. The largest absolute Gasteiger partial charge is 0.504 e. The van der Waals surface area contributed by atoms with Crippen molar-refractivity contribution in [3.05, 3.63) is 42.1 Å². The Bertz CT molecular complexity index is 895. The highest BCUT2D eigenvalue weighted by Gasteiger charge is 2.21. The number of benzene rings is 1. The fourth-order valence-corrected chi connectivity index (χ4v) is 3.42. The van der Waals surface area contributed by atoms with Crippen LogP contribution >= 0.6 is 0 Å². The number of imidazole rings is 1. The number of nitrogens with zero attached hydrogens (tertiary/aromatic N) is 2. The van der Waals surface area contributed by atoms with E-state index < -0.39 is 0 Å². The van der Waals surface area contributed by atoms with E-state index >= 15 is 0 Å². The van der Waals surface area contributed by atoms with Crippen LogP contribution in [0.1, 0.15) is 31.2 Å². The lowest BCUT2D eigenvalue weighted by Gasteiger charge is -2.15. The number of phenolic OH excluding ortho intramolecular Hbond substituents is 2. The number of aromatic nitrogens is 2. The average Bonchev–Trinajstić information content (AvgIpc) is 3.19. The Morgan fingerprint density at radius 1 is 1.08 bits per heavy atom. The fraction of sp³-hybridized carbons (Fsp3) is 0.316. The highest BCUT2D eigenvalue weighted by atomic mass is 16.3. The molecule has 5 heteroatoms. The topological polar surface area (TPSA) is 69.8 Å². The summed E-state index contributed by atoms with van der Waals surface area (Å²) in [7, 11) is 0. The highest BCUT2D eigenvalue weighted by molar-refractivity contribution is 5.78. The number of aryl methyl sites for hydroxylation is 1. The van der Waals surface area contributed by atoms with E-state index in [9.17, 15) is 10.2 Å². The molecular weight excluding hydrogens is 302 g/mol. The van der Waals surface area contributed by atoms with Gasteiger partial charge in [0.05, 0.1) is 0 Å². The van der Waals surface area contributed by atoms with Gasteiger partial charge in [0.2, 0.25) is 0 Å². The van der Waals surface area contributed by atoms with Gasteiger partial charge in [-0.15, -0.1) is 0 Å². The van der Waals surface area contributed by atoms with E-state index in [2.05, 4.69) is 22.8 Å². The summed E-state index contributed by atoms with van der Waals surface area (Å²) in [6, 6.07) is 9.33. The van der Waals surface area contributed by atoms with Crippen molar-refractivity contribution >= 4 is 11.5 Å². The molecule has 0 saturated heterocycles. The zero-order valence-electron chi connectivity index (χ0n) is 13.7. The van der Waals surface area contributed by atoms with Gasteiger partial charge in [-0.05, 0) is 49.6 Å². The second kappa shape index (κ2) is 5.74. The molecule has 2 heterocycles. The van der Waals surface area contributed by atoms with Gasteiger partial charge < -0.3 is 15.5 Å². The molecule has 0 radical (unpaired) electrons. The van der Waals surface area contributed by atoms with Crippen molar-refractivity contribution in [3.63, 3.8) is 0 Å². The van der Waals surface area contributed by atoms with Crippen LogP contribution in [0.5, 0.6) is 11.5 Å². The highest BCUT2D eigenvalue weighted by Crippen LogP contribution is 2.35. The molecule has 124 valence electrons. The van der Waals surface area contributed by atoms with Crippen LogP contribution in [0.15, 0.2) is 36.5 Å². The molecule has 24 heavy (non-hydrogen) atoms. The van der Waals surface area contributed by atoms with Crippen LogP contribution < -0.4 is 5.32 Å². The Morgan fingerprint density at radius 2 is 1.88 bits per heavy atom. The molecule has 3 N–H and O–H groups in total. The van der Waals surface area contributed by atoms with E-state index in [4.69, 9.17) is 4.98 Å². The lowest BCUT2D eigenvalue weighted by molar-refractivity contribution is 0.404. The molecule has 0 atom stereocenters. The van der Waals surface area contributed by atoms with Crippen molar-refractivity contribution in [3.8, 4) is 22.8 Å². The summed E-state index contributed by atoms with van der Waals surface area (Å²) in [5.74, 6) is 0.696. The monoisotopic (exact) mass is 323 g/mol. The number of fused-ring (bicyclic) bond motifs is 1. The van der Waals surface area contributed by atoms with E-state index in [1.165, 1.54) is 31.7 Å². The molecule has 4 rings (SSSR count). The number of hydrogen-bond donors (Lipinski definition) is 3. The minimum atomic E-state index is -0.132. The van der Waals surface area contributed by atoms with Crippen LogP contribution in [-0.4, -0.2) is 25.6 Å². The third-order valence-electron chi connectivity index (χ3n) is 4.71. The van der Waals surface area contributed by atoms with Crippen molar-refractivity contribution in [1.82, 2.24) is 9.38 Å². The summed E-state index contributed by atoms with van der Waals surface area (Å²) >= 11 is 0. The van der Waals surface area contributed by atoms with Crippen LogP contribution in [0.3, 0.4) is 0 Å². The van der Waals surface area contributed by atoms with Gasteiger partial charge >= 0.3 is 0 Å². The average molecular weight is 323 g/mol. The van der Waals surface area contributed by atoms with Crippen LogP contribution in [0, 0.1) is 6.92 Å². The summed E-state index contributed by atoms with van der Waals surface area (Å²) < 4.78 is 2.08. The van der Waals surface area contributed by atoms with Crippen molar-refractivity contribution in [1.29, 1.82) is 0 Å². The third-order valence-corrected chi connectivity index (χ3v) is 4.71. The summed E-state index contributed by atoms with van der Waals surface area (Å²) in [4.78, 5) is 4.74. The van der Waals surface area contributed by atoms with E-state index in [0.717, 1.165) is 28.3 Å². The maximum atomic E-state index is 9.85. The predicted octanol–water partition coefficient (Wildman–Crippen LogP) is 4.08. The standard InChI is InChI=1S/C19H21N3O2/c1-12-6-9-17-21-18(13-7-8-15(23)16(24)10-13)19(22(17)11-12)20-14-4-2-3-5-14/h6-11,14,20,23-24H,2-5H2,1H3. The van der Waals surface area contributed by atoms with Gasteiger partial charge in [0.15, 0.2) is 11.5 Å². The smallest absolute Gasteiger partial charge is 0.158 e. The maximum absolute atomic E-state index is 9.85. The van der Waals surface area contributed by atoms with Crippen molar-refractivity contribution in [2.24, 2.45) is 0 Å². The first kappa shape index (κ1) is 14.9. The van der Waals surface area contributed by atoms with Gasteiger partial charge in [-0.2, -0.15) is 0 Å². The number of nitrogens with one attached hydrogen (secondary N) is 1. The second-order valence-corrected chi connectivity index (χ2v) is 6.57. The SMILES string of the molecule is Cc1ccc2nc(-c3ccc(O)c(O)c3)c(NC3CCCC3)n2c1. The lowest BCUT2D eigenvalue weighted by Crippen LogP contribution is -2.16.